The highest BCUT2D eigenvalue weighted by molar-refractivity contribution is 7.48. The molecule has 0 bridgehead atoms. The van der Waals surface area contributed by atoms with Gasteiger partial charge in [0.2, 0.25) is 0 Å². The van der Waals surface area contributed by atoms with Crippen molar-refractivity contribution in [1.82, 2.24) is 4.90 Å². The molecule has 0 N–H and O–H groups in total. The van der Waals surface area contributed by atoms with Gasteiger partial charge in [-0.25, -0.2) is 4.57 Å². The van der Waals surface area contributed by atoms with Gasteiger partial charge in [-0.15, -0.1) is 0 Å². The van der Waals surface area contributed by atoms with Crippen LogP contribution in [0.25, 0.3) is 0 Å². The molecule has 4 aliphatic rings. The molecule has 1 spiro atoms. The molecule has 0 amide bonds. The molecule has 5 nitrogen and oxygen atoms in total. The van der Waals surface area contributed by atoms with Gasteiger partial charge in [-0.05, 0) is 51.3 Å². The SMILES string of the molecule is CN1CCC2CC=C(OP3(=O)OCC4(CCC4)CO3)CC21. The van der Waals surface area contributed by atoms with Gasteiger partial charge in [0, 0.05) is 17.9 Å². The summed E-state index contributed by atoms with van der Waals surface area (Å²) in [5.74, 6) is 1.51. The molecule has 2 unspecified atom stereocenters. The smallest absolute Gasteiger partial charge is 0.409 e. The first-order chi connectivity index (χ1) is 10.1. The molecule has 21 heavy (non-hydrogen) atoms. The lowest BCUT2D eigenvalue weighted by molar-refractivity contribution is -0.0550. The summed E-state index contributed by atoms with van der Waals surface area (Å²) >= 11 is 0. The van der Waals surface area contributed by atoms with Gasteiger partial charge in [0.25, 0.3) is 0 Å². The summed E-state index contributed by atoms with van der Waals surface area (Å²) < 4.78 is 29.3. The summed E-state index contributed by atoms with van der Waals surface area (Å²) in [6.45, 7) is 2.18. The molecule has 6 heteroatoms. The normalized spacial score (nSPS) is 37.7. The number of phosphoric acid groups is 1. The van der Waals surface area contributed by atoms with Crippen molar-refractivity contribution < 1.29 is 18.1 Å². The first-order valence-corrected chi connectivity index (χ1v) is 9.52. The fourth-order valence-electron chi connectivity index (χ4n) is 4.00. The van der Waals surface area contributed by atoms with E-state index in [-0.39, 0.29) is 5.41 Å². The van der Waals surface area contributed by atoms with Gasteiger partial charge in [0.1, 0.15) is 5.76 Å². The van der Waals surface area contributed by atoms with Crippen LogP contribution in [0.15, 0.2) is 11.8 Å². The van der Waals surface area contributed by atoms with Crippen molar-refractivity contribution in [3.8, 4) is 0 Å². The number of allylic oxidation sites excluding steroid dienone is 1. The first kappa shape index (κ1) is 14.3. The van der Waals surface area contributed by atoms with E-state index < -0.39 is 7.82 Å². The summed E-state index contributed by atoms with van der Waals surface area (Å²) in [6, 6.07) is 0.513. The highest BCUT2D eigenvalue weighted by atomic mass is 31.2. The minimum atomic E-state index is -3.38. The number of hydrogen-bond donors (Lipinski definition) is 0. The largest absolute Gasteiger partial charge is 0.529 e. The minimum Gasteiger partial charge on any atom is -0.409 e. The van der Waals surface area contributed by atoms with Crippen molar-refractivity contribution in [2.45, 2.75) is 44.6 Å². The average Bonchev–Trinajstić information content (AvgIpc) is 2.79. The molecular weight excluding hydrogens is 289 g/mol. The predicted molar refractivity (Wildman–Crippen MR) is 78.7 cm³/mol. The number of likely N-dealkylation sites (tertiary alicyclic amines) is 1. The van der Waals surface area contributed by atoms with Gasteiger partial charge in [-0.2, -0.15) is 0 Å². The molecule has 2 aliphatic carbocycles. The van der Waals surface area contributed by atoms with E-state index in [4.69, 9.17) is 13.6 Å². The van der Waals surface area contributed by atoms with Crippen molar-refractivity contribution in [1.29, 1.82) is 0 Å². The van der Waals surface area contributed by atoms with Crippen molar-refractivity contribution >= 4 is 7.82 Å². The third kappa shape index (κ3) is 2.59. The zero-order chi connectivity index (χ0) is 14.5. The van der Waals surface area contributed by atoms with Gasteiger partial charge >= 0.3 is 7.82 Å². The molecule has 2 heterocycles. The lowest BCUT2D eigenvalue weighted by Crippen LogP contribution is -2.41. The Balaban J connectivity index is 1.38. The number of rotatable bonds is 2. The summed E-state index contributed by atoms with van der Waals surface area (Å²) in [5.41, 5.74) is 0.120. The Bertz CT molecular complexity index is 488. The second kappa shape index (κ2) is 5.09. The topological polar surface area (TPSA) is 48.0 Å². The van der Waals surface area contributed by atoms with Crippen molar-refractivity contribution in [2.75, 3.05) is 26.8 Å². The average molecular weight is 313 g/mol. The van der Waals surface area contributed by atoms with E-state index in [9.17, 15) is 4.57 Å². The molecule has 0 aromatic carbocycles. The highest BCUT2D eigenvalue weighted by Gasteiger charge is 2.48. The van der Waals surface area contributed by atoms with Crippen LogP contribution in [0.3, 0.4) is 0 Å². The molecule has 0 aromatic heterocycles. The summed E-state index contributed by atoms with van der Waals surface area (Å²) in [5, 5.41) is 0. The Labute approximate surface area is 126 Å². The maximum Gasteiger partial charge on any atom is 0.529 e. The van der Waals surface area contributed by atoms with E-state index in [1.165, 1.54) is 12.8 Å². The molecule has 2 atom stereocenters. The number of phosphoric ester groups is 1. The second-order valence-electron chi connectivity index (χ2n) is 7.15. The van der Waals surface area contributed by atoms with E-state index in [1.54, 1.807) is 0 Å². The summed E-state index contributed by atoms with van der Waals surface area (Å²) in [4.78, 5) is 2.38. The minimum absolute atomic E-state index is 0.120. The number of nitrogens with zero attached hydrogens (tertiary/aromatic N) is 1. The lowest BCUT2D eigenvalue weighted by Gasteiger charge is -2.45. The van der Waals surface area contributed by atoms with Crippen LogP contribution < -0.4 is 0 Å². The predicted octanol–water partition coefficient (Wildman–Crippen LogP) is 3.33. The summed E-state index contributed by atoms with van der Waals surface area (Å²) in [6.07, 6.45) is 8.61. The molecular formula is C15H24NO4P. The maximum atomic E-state index is 12.6. The van der Waals surface area contributed by atoms with Crippen molar-refractivity contribution in [2.24, 2.45) is 11.3 Å². The van der Waals surface area contributed by atoms with Crippen LogP contribution in [-0.2, 0) is 18.1 Å². The van der Waals surface area contributed by atoms with E-state index in [0.717, 1.165) is 43.9 Å². The molecule has 0 radical (unpaired) electrons. The fraction of sp³-hybridized carbons (Fsp3) is 0.867. The van der Waals surface area contributed by atoms with E-state index in [1.807, 2.05) is 0 Å². The first-order valence-electron chi connectivity index (χ1n) is 8.06. The van der Waals surface area contributed by atoms with Crippen molar-refractivity contribution in [3.63, 3.8) is 0 Å². The van der Waals surface area contributed by atoms with Crippen LogP contribution in [0.5, 0.6) is 0 Å². The molecule has 2 aliphatic heterocycles. The van der Waals surface area contributed by atoms with Crippen LogP contribution in [0, 0.1) is 11.3 Å². The van der Waals surface area contributed by atoms with E-state index >= 15 is 0 Å². The fourth-order valence-corrected chi connectivity index (χ4v) is 5.48. The van der Waals surface area contributed by atoms with Crippen LogP contribution in [0.1, 0.15) is 38.5 Å². The lowest BCUT2D eigenvalue weighted by atomic mass is 9.70. The van der Waals surface area contributed by atoms with Gasteiger partial charge in [0.15, 0.2) is 0 Å². The third-order valence-corrected chi connectivity index (χ3v) is 7.07. The number of fused-ring (bicyclic) bond motifs is 1. The number of hydrogen-bond acceptors (Lipinski definition) is 5. The van der Waals surface area contributed by atoms with E-state index in [2.05, 4.69) is 18.0 Å². The van der Waals surface area contributed by atoms with Crippen LogP contribution in [0.4, 0.5) is 0 Å². The van der Waals surface area contributed by atoms with Crippen molar-refractivity contribution in [3.05, 3.63) is 11.8 Å². The third-order valence-electron chi connectivity index (χ3n) is 5.72. The van der Waals surface area contributed by atoms with E-state index in [0.29, 0.717) is 19.3 Å². The van der Waals surface area contributed by atoms with Crippen LogP contribution in [-0.4, -0.2) is 37.7 Å². The Kier molecular flexibility index (Phi) is 3.45. The maximum absolute atomic E-state index is 12.6. The molecule has 3 fully saturated rings. The molecule has 4 rings (SSSR count). The molecule has 1 saturated carbocycles. The van der Waals surface area contributed by atoms with Gasteiger partial charge in [-0.3, -0.25) is 9.05 Å². The second-order valence-corrected chi connectivity index (χ2v) is 8.74. The quantitative estimate of drug-likeness (QED) is 0.732. The Morgan fingerprint density at radius 1 is 1.38 bits per heavy atom. The zero-order valence-corrected chi connectivity index (χ0v) is 13.5. The standard InChI is InChI=1S/C15H24NO4P/c1-16-8-5-12-3-4-13(9-14(12)16)20-21(17)18-10-15(11-19-21)6-2-7-15/h4,12,14H,2-3,5-11H2,1H3. The monoisotopic (exact) mass is 313 g/mol. The zero-order valence-electron chi connectivity index (χ0n) is 12.6. The van der Waals surface area contributed by atoms with Gasteiger partial charge in [-0.1, -0.05) is 6.42 Å². The Morgan fingerprint density at radius 3 is 2.81 bits per heavy atom. The van der Waals surface area contributed by atoms with Gasteiger partial charge < -0.3 is 9.42 Å². The summed E-state index contributed by atoms with van der Waals surface area (Å²) in [7, 11) is -1.23. The Morgan fingerprint density at radius 2 is 2.14 bits per heavy atom. The molecule has 2 saturated heterocycles. The highest BCUT2D eigenvalue weighted by Crippen LogP contribution is 2.60. The van der Waals surface area contributed by atoms with Gasteiger partial charge in [0.05, 0.1) is 13.2 Å². The Hall–Kier alpha value is -0.350. The van der Waals surface area contributed by atoms with Crippen LogP contribution >= 0.6 is 7.82 Å². The van der Waals surface area contributed by atoms with Crippen LogP contribution in [0.2, 0.25) is 0 Å². The molecule has 118 valence electrons. The molecule has 0 aromatic rings.